The number of anilines is 2. The largest absolute Gasteiger partial charge is 0.494 e. The topological polar surface area (TPSA) is 97.6 Å². The first-order valence-electron chi connectivity index (χ1n) is 8.90. The lowest BCUT2D eigenvalue weighted by molar-refractivity contribution is -0.384. The average Bonchev–Trinajstić information content (AvgIpc) is 2.67. The number of pyridine rings is 1. The molecule has 1 aromatic carbocycles. The van der Waals surface area contributed by atoms with Crippen LogP contribution in [0.5, 0.6) is 5.75 Å². The van der Waals surface area contributed by atoms with Crippen molar-refractivity contribution in [3.63, 3.8) is 0 Å². The molecule has 28 heavy (non-hydrogen) atoms. The van der Waals surface area contributed by atoms with E-state index in [1.165, 1.54) is 13.2 Å². The number of aryl methyl sites for hydroxylation is 1. The second kappa shape index (κ2) is 8.20. The number of halogens is 1. The summed E-state index contributed by atoms with van der Waals surface area (Å²) < 4.78 is 18.9. The maximum Gasteiger partial charge on any atom is 0.295 e. The van der Waals surface area contributed by atoms with E-state index in [0.717, 1.165) is 11.8 Å². The van der Waals surface area contributed by atoms with E-state index in [4.69, 9.17) is 4.74 Å². The molecule has 1 atom stereocenters. The smallest absolute Gasteiger partial charge is 0.295 e. The monoisotopic (exact) mass is 388 g/mol. The van der Waals surface area contributed by atoms with Gasteiger partial charge in [-0.1, -0.05) is 6.07 Å². The van der Waals surface area contributed by atoms with Crippen LogP contribution in [-0.4, -0.2) is 36.0 Å². The molecule has 1 aliphatic heterocycles. The molecule has 1 N–H and O–H groups in total. The lowest BCUT2D eigenvalue weighted by atomic mass is 9.96. The van der Waals surface area contributed by atoms with Crippen molar-refractivity contribution in [2.75, 3.05) is 30.4 Å². The summed E-state index contributed by atoms with van der Waals surface area (Å²) in [5, 5.41) is 14.2. The summed E-state index contributed by atoms with van der Waals surface area (Å²) >= 11 is 0. The van der Waals surface area contributed by atoms with Crippen LogP contribution in [0.1, 0.15) is 18.5 Å². The van der Waals surface area contributed by atoms with Crippen LogP contribution in [-0.2, 0) is 4.79 Å². The van der Waals surface area contributed by atoms with Gasteiger partial charge in [0.05, 0.1) is 24.0 Å². The molecule has 0 spiro atoms. The van der Waals surface area contributed by atoms with Gasteiger partial charge in [-0.15, -0.1) is 0 Å². The Kier molecular flexibility index (Phi) is 5.72. The van der Waals surface area contributed by atoms with Crippen LogP contribution in [0.15, 0.2) is 30.3 Å². The third kappa shape index (κ3) is 4.19. The Bertz CT molecular complexity index is 905. The number of piperidine rings is 1. The number of methoxy groups -OCH3 is 1. The highest BCUT2D eigenvalue weighted by Crippen LogP contribution is 2.36. The first kappa shape index (κ1) is 19.5. The molecule has 0 saturated carbocycles. The minimum Gasteiger partial charge on any atom is -0.494 e. The van der Waals surface area contributed by atoms with Crippen LogP contribution in [0.2, 0.25) is 0 Å². The van der Waals surface area contributed by atoms with Crippen LogP contribution < -0.4 is 15.0 Å². The molecule has 2 aromatic rings. The molecule has 1 unspecified atom stereocenters. The van der Waals surface area contributed by atoms with E-state index in [0.29, 0.717) is 25.2 Å². The van der Waals surface area contributed by atoms with Crippen LogP contribution in [0, 0.1) is 28.8 Å². The predicted molar refractivity (Wildman–Crippen MR) is 102 cm³/mol. The van der Waals surface area contributed by atoms with Crippen molar-refractivity contribution in [3.8, 4) is 5.75 Å². The van der Waals surface area contributed by atoms with E-state index in [2.05, 4.69) is 10.3 Å². The van der Waals surface area contributed by atoms with E-state index >= 15 is 0 Å². The Labute approximate surface area is 161 Å². The summed E-state index contributed by atoms with van der Waals surface area (Å²) in [6.07, 6.45) is 1.33. The summed E-state index contributed by atoms with van der Waals surface area (Å²) in [7, 11) is 1.30. The number of benzene rings is 1. The first-order chi connectivity index (χ1) is 13.4. The number of nitrogens with zero attached hydrogens (tertiary/aromatic N) is 3. The zero-order valence-electron chi connectivity index (χ0n) is 15.6. The molecule has 1 aromatic heterocycles. The quantitative estimate of drug-likeness (QED) is 0.623. The van der Waals surface area contributed by atoms with Crippen LogP contribution >= 0.6 is 0 Å². The number of hydrogen-bond acceptors (Lipinski definition) is 6. The summed E-state index contributed by atoms with van der Waals surface area (Å²) in [6.45, 7) is 2.65. The summed E-state index contributed by atoms with van der Waals surface area (Å²) in [4.78, 5) is 29.4. The number of carbonyl (C=O) groups is 1. The van der Waals surface area contributed by atoms with Gasteiger partial charge in [-0.3, -0.25) is 14.9 Å². The maximum atomic E-state index is 13.9. The molecular formula is C19H21FN4O4. The second-order valence-corrected chi connectivity index (χ2v) is 6.67. The van der Waals surface area contributed by atoms with Gasteiger partial charge in [0.25, 0.3) is 5.69 Å². The van der Waals surface area contributed by atoms with Crippen molar-refractivity contribution in [3.05, 3.63) is 52.0 Å². The highest BCUT2D eigenvalue weighted by Gasteiger charge is 2.31. The van der Waals surface area contributed by atoms with Crippen LogP contribution in [0.25, 0.3) is 0 Å². The van der Waals surface area contributed by atoms with Crippen molar-refractivity contribution in [2.45, 2.75) is 19.8 Å². The Hall–Kier alpha value is -3.23. The molecule has 148 valence electrons. The van der Waals surface area contributed by atoms with Crippen molar-refractivity contribution in [1.82, 2.24) is 4.98 Å². The summed E-state index contributed by atoms with van der Waals surface area (Å²) in [5.74, 6) is -0.964. The number of carbonyl (C=O) groups excluding carboxylic acids is 1. The number of nitro groups is 1. The highest BCUT2D eigenvalue weighted by atomic mass is 19.1. The number of hydrogen-bond donors (Lipinski definition) is 1. The Morgan fingerprint density at radius 3 is 2.89 bits per heavy atom. The van der Waals surface area contributed by atoms with Crippen LogP contribution in [0.4, 0.5) is 21.6 Å². The molecule has 0 bridgehead atoms. The van der Waals surface area contributed by atoms with E-state index in [1.54, 1.807) is 17.0 Å². The van der Waals surface area contributed by atoms with Gasteiger partial charge in [0.15, 0.2) is 11.6 Å². The van der Waals surface area contributed by atoms with Crippen molar-refractivity contribution >= 4 is 23.1 Å². The number of nitro benzene ring substituents is 1. The molecule has 1 fully saturated rings. The van der Waals surface area contributed by atoms with Gasteiger partial charge in [-0.2, -0.15) is 0 Å². The summed E-state index contributed by atoms with van der Waals surface area (Å²) in [6, 6.07) is 7.52. The molecule has 1 amide bonds. The number of aromatic nitrogens is 1. The molecule has 1 saturated heterocycles. The lowest BCUT2D eigenvalue weighted by Gasteiger charge is -2.33. The molecule has 8 nitrogen and oxygen atoms in total. The SMILES string of the molecule is COc1cc(N2CCCC(C(=O)Nc3cccc(C)n3)C2)c([N+](=O)[O-])cc1F. The number of nitrogens with one attached hydrogen (secondary N) is 1. The van der Waals surface area contributed by atoms with Gasteiger partial charge < -0.3 is 15.0 Å². The highest BCUT2D eigenvalue weighted by molar-refractivity contribution is 5.92. The molecule has 2 heterocycles. The molecule has 3 rings (SSSR count). The van der Waals surface area contributed by atoms with E-state index < -0.39 is 10.7 Å². The van der Waals surface area contributed by atoms with Gasteiger partial charge in [0.2, 0.25) is 5.91 Å². The van der Waals surface area contributed by atoms with Gasteiger partial charge in [-0.05, 0) is 31.9 Å². The van der Waals surface area contributed by atoms with E-state index in [-0.39, 0.29) is 35.5 Å². The number of amides is 1. The van der Waals surface area contributed by atoms with E-state index in [1.807, 2.05) is 13.0 Å². The Balaban J connectivity index is 1.81. The maximum absolute atomic E-state index is 13.9. The van der Waals surface area contributed by atoms with E-state index in [9.17, 15) is 19.3 Å². The standard InChI is InChI=1S/C19H21FN4O4/c1-12-5-3-7-18(21-12)22-19(25)13-6-4-8-23(11-13)15-10-17(28-2)14(20)9-16(15)24(26)27/h3,5,7,9-10,13H,4,6,8,11H2,1-2H3,(H,21,22,25). The van der Waals surface area contributed by atoms with Gasteiger partial charge >= 0.3 is 0 Å². The minimum atomic E-state index is -0.797. The van der Waals surface area contributed by atoms with Crippen molar-refractivity contribution in [2.24, 2.45) is 5.92 Å². The van der Waals surface area contributed by atoms with Crippen LogP contribution in [0.3, 0.4) is 0 Å². The third-order valence-electron chi connectivity index (χ3n) is 4.72. The zero-order valence-corrected chi connectivity index (χ0v) is 15.6. The Morgan fingerprint density at radius 1 is 1.43 bits per heavy atom. The fourth-order valence-electron chi connectivity index (χ4n) is 3.34. The first-order valence-corrected chi connectivity index (χ1v) is 8.90. The van der Waals surface area contributed by atoms with Crippen molar-refractivity contribution in [1.29, 1.82) is 0 Å². The molecule has 1 aliphatic rings. The molecule has 0 radical (unpaired) electrons. The average molecular weight is 388 g/mol. The molecule has 0 aliphatic carbocycles. The Morgan fingerprint density at radius 2 is 2.21 bits per heavy atom. The minimum absolute atomic E-state index is 0.0730. The third-order valence-corrected chi connectivity index (χ3v) is 4.72. The fraction of sp³-hybridized carbons (Fsp3) is 0.368. The normalized spacial score (nSPS) is 16.5. The van der Waals surface area contributed by atoms with Gasteiger partial charge in [-0.25, -0.2) is 9.37 Å². The predicted octanol–water partition coefficient (Wildman–Crippen LogP) is 3.30. The van der Waals surface area contributed by atoms with Crippen molar-refractivity contribution < 1.29 is 18.8 Å². The molecule has 9 heteroatoms. The second-order valence-electron chi connectivity index (χ2n) is 6.67. The number of rotatable bonds is 5. The zero-order chi connectivity index (χ0) is 20.3. The molecular weight excluding hydrogens is 367 g/mol. The lowest BCUT2D eigenvalue weighted by Crippen LogP contribution is -2.41. The van der Waals surface area contributed by atoms with Gasteiger partial charge in [0, 0.05) is 24.8 Å². The fourth-order valence-corrected chi connectivity index (χ4v) is 3.34. The number of ether oxygens (including phenoxy) is 1. The van der Waals surface area contributed by atoms with Gasteiger partial charge in [0.1, 0.15) is 11.5 Å². The summed E-state index contributed by atoms with van der Waals surface area (Å²) in [5.41, 5.74) is 0.686.